The molecule has 0 radical (unpaired) electrons. The monoisotopic (exact) mass is 268 g/mol. The number of aromatic nitrogens is 3. The summed E-state index contributed by atoms with van der Waals surface area (Å²) in [6.07, 6.45) is 4.14. The molecule has 90 valence electrons. The van der Waals surface area contributed by atoms with Gasteiger partial charge >= 0.3 is 0 Å². The maximum Gasteiger partial charge on any atom is 0.137 e. The molecule has 2 heterocycles. The second-order valence-corrected chi connectivity index (χ2v) is 5.24. The highest BCUT2D eigenvalue weighted by molar-refractivity contribution is 7.11. The quantitative estimate of drug-likeness (QED) is 0.866. The molecule has 0 aliphatic heterocycles. The summed E-state index contributed by atoms with van der Waals surface area (Å²) in [5, 5.41) is 4.80. The van der Waals surface area contributed by atoms with E-state index in [1.807, 2.05) is 20.0 Å². The van der Waals surface area contributed by atoms with Crippen LogP contribution in [0.25, 0.3) is 0 Å². The van der Waals surface area contributed by atoms with E-state index in [0.29, 0.717) is 11.7 Å². The highest BCUT2D eigenvalue weighted by Gasteiger charge is 2.08. The molecule has 0 atom stereocenters. The Bertz CT molecular complexity index is 512. The summed E-state index contributed by atoms with van der Waals surface area (Å²) in [6, 6.07) is 0. The van der Waals surface area contributed by atoms with Crippen LogP contribution in [0.2, 0.25) is 5.15 Å². The first-order valence-electron chi connectivity index (χ1n) is 5.35. The van der Waals surface area contributed by atoms with Crippen molar-refractivity contribution >= 4 is 28.8 Å². The Labute approximate surface area is 109 Å². The van der Waals surface area contributed by atoms with E-state index >= 15 is 0 Å². The van der Waals surface area contributed by atoms with Crippen molar-refractivity contribution in [2.75, 3.05) is 5.32 Å². The fourth-order valence-electron chi connectivity index (χ4n) is 1.50. The highest BCUT2D eigenvalue weighted by Crippen LogP contribution is 2.21. The van der Waals surface area contributed by atoms with Gasteiger partial charge in [-0.05, 0) is 13.3 Å². The summed E-state index contributed by atoms with van der Waals surface area (Å²) in [5.41, 5.74) is 0.947. The smallest absolute Gasteiger partial charge is 0.137 e. The molecule has 0 aliphatic rings. The highest BCUT2D eigenvalue weighted by atomic mass is 35.5. The maximum atomic E-state index is 6.01. The van der Waals surface area contributed by atoms with E-state index in [1.165, 1.54) is 11.2 Å². The summed E-state index contributed by atoms with van der Waals surface area (Å²) < 4.78 is 0. The van der Waals surface area contributed by atoms with Gasteiger partial charge in [0.15, 0.2) is 0 Å². The lowest BCUT2D eigenvalue weighted by Crippen LogP contribution is -2.05. The molecule has 0 saturated heterocycles. The Morgan fingerprint density at radius 3 is 2.82 bits per heavy atom. The molecular weight excluding hydrogens is 256 g/mol. The molecule has 0 amide bonds. The van der Waals surface area contributed by atoms with Crippen LogP contribution in [-0.4, -0.2) is 15.0 Å². The fraction of sp³-hybridized carbons (Fsp3) is 0.364. The molecule has 2 aromatic rings. The fourth-order valence-corrected chi connectivity index (χ4v) is 2.49. The lowest BCUT2D eigenvalue weighted by molar-refractivity contribution is 1.00. The predicted octanol–water partition coefficient (Wildman–Crippen LogP) is 3.07. The standard InChI is InChI=1S/C11H13ClN4S/c1-3-8-10(12)15-6-16-11(8)14-5-9-13-4-7(2)17-9/h4,6H,3,5H2,1-2H3,(H,14,15,16). The van der Waals surface area contributed by atoms with Gasteiger partial charge in [0, 0.05) is 16.6 Å². The van der Waals surface area contributed by atoms with Crippen molar-refractivity contribution in [2.24, 2.45) is 0 Å². The first-order chi connectivity index (χ1) is 8.20. The van der Waals surface area contributed by atoms with Gasteiger partial charge in [-0.25, -0.2) is 15.0 Å². The molecule has 0 unspecified atom stereocenters. The van der Waals surface area contributed by atoms with Crippen LogP contribution in [0, 0.1) is 6.92 Å². The molecule has 0 aromatic carbocycles. The summed E-state index contributed by atoms with van der Waals surface area (Å²) >= 11 is 7.69. The Morgan fingerprint density at radius 1 is 1.35 bits per heavy atom. The zero-order valence-corrected chi connectivity index (χ0v) is 11.3. The second kappa shape index (κ2) is 5.42. The van der Waals surface area contributed by atoms with E-state index < -0.39 is 0 Å². The molecule has 0 saturated carbocycles. The maximum absolute atomic E-state index is 6.01. The lowest BCUT2D eigenvalue weighted by atomic mass is 10.2. The molecular formula is C11H13ClN4S. The van der Waals surface area contributed by atoms with Gasteiger partial charge in [-0.3, -0.25) is 0 Å². The number of hydrogen-bond donors (Lipinski definition) is 1. The van der Waals surface area contributed by atoms with Crippen molar-refractivity contribution < 1.29 is 0 Å². The number of nitrogens with one attached hydrogen (secondary N) is 1. The lowest BCUT2D eigenvalue weighted by Gasteiger charge is -2.08. The Hall–Kier alpha value is -1.20. The molecule has 0 aliphatic carbocycles. The number of halogens is 1. The third kappa shape index (κ3) is 2.92. The van der Waals surface area contributed by atoms with E-state index in [4.69, 9.17) is 11.6 Å². The molecule has 0 bridgehead atoms. The number of nitrogens with zero attached hydrogens (tertiary/aromatic N) is 3. The minimum Gasteiger partial charge on any atom is -0.363 e. The Balaban J connectivity index is 2.11. The Morgan fingerprint density at radius 2 is 2.18 bits per heavy atom. The normalized spacial score (nSPS) is 10.5. The third-order valence-electron chi connectivity index (χ3n) is 2.32. The van der Waals surface area contributed by atoms with Gasteiger partial charge in [0.1, 0.15) is 22.3 Å². The average molecular weight is 269 g/mol. The molecule has 2 rings (SSSR count). The van der Waals surface area contributed by atoms with Crippen LogP contribution in [0.4, 0.5) is 5.82 Å². The van der Waals surface area contributed by atoms with Gasteiger partial charge in [-0.2, -0.15) is 0 Å². The van der Waals surface area contributed by atoms with E-state index in [-0.39, 0.29) is 0 Å². The number of thiazole rings is 1. The largest absolute Gasteiger partial charge is 0.363 e. The van der Waals surface area contributed by atoms with Crippen LogP contribution < -0.4 is 5.32 Å². The van der Waals surface area contributed by atoms with Crippen LogP contribution in [0.1, 0.15) is 22.4 Å². The van der Waals surface area contributed by atoms with Crippen LogP contribution in [0.3, 0.4) is 0 Å². The molecule has 1 N–H and O–H groups in total. The zero-order valence-electron chi connectivity index (χ0n) is 9.70. The minimum atomic E-state index is 0.514. The van der Waals surface area contributed by atoms with Crippen LogP contribution in [0.15, 0.2) is 12.5 Å². The van der Waals surface area contributed by atoms with Crippen LogP contribution in [0.5, 0.6) is 0 Å². The van der Waals surface area contributed by atoms with Gasteiger partial charge < -0.3 is 5.32 Å². The molecule has 17 heavy (non-hydrogen) atoms. The Kier molecular flexibility index (Phi) is 3.91. The van der Waals surface area contributed by atoms with Crippen molar-refractivity contribution in [2.45, 2.75) is 26.8 Å². The SMILES string of the molecule is CCc1c(Cl)ncnc1NCc1ncc(C)s1. The summed E-state index contributed by atoms with van der Waals surface area (Å²) in [5.74, 6) is 0.792. The minimum absolute atomic E-state index is 0.514. The molecule has 2 aromatic heterocycles. The summed E-state index contributed by atoms with van der Waals surface area (Å²) in [4.78, 5) is 13.7. The third-order valence-corrected chi connectivity index (χ3v) is 3.56. The molecule has 4 nitrogen and oxygen atoms in total. The molecule has 0 spiro atoms. The van der Waals surface area contributed by atoms with E-state index in [9.17, 15) is 0 Å². The van der Waals surface area contributed by atoms with Crippen LogP contribution >= 0.6 is 22.9 Å². The second-order valence-electron chi connectivity index (χ2n) is 3.56. The van der Waals surface area contributed by atoms with Crippen LogP contribution in [-0.2, 0) is 13.0 Å². The number of rotatable bonds is 4. The number of aryl methyl sites for hydroxylation is 1. The predicted molar refractivity (Wildman–Crippen MR) is 70.6 cm³/mol. The van der Waals surface area contributed by atoms with Crippen molar-refractivity contribution in [3.63, 3.8) is 0 Å². The van der Waals surface area contributed by atoms with Gasteiger partial charge in [0.25, 0.3) is 0 Å². The average Bonchev–Trinajstić information content (AvgIpc) is 2.72. The molecule has 0 fully saturated rings. The number of anilines is 1. The van der Waals surface area contributed by atoms with E-state index in [2.05, 4.69) is 20.3 Å². The summed E-state index contributed by atoms with van der Waals surface area (Å²) in [7, 11) is 0. The van der Waals surface area contributed by atoms with Crippen molar-refractivity contribution in [3.05, 3.63) is 33.1 Å². The zero-order chi connectivity index (χ0) is 12.3. The topological polar surface area (TPSA) is 50.7 Å². The van der Waals surface area contributed by atoms with E-state index in [0.717, 1.165) is 22.8 Å². The van der Waals surface area contributed by atoms with E-state index in [1.54, 1.807) is 11.3 Å². The summed E-state index contributed by atoms with van der Waals surface area (Å²) in [6.45, 7) is 4.74. The van der Waals surface area contributed by atoms with Gasteiger partial charge in [-0.1, -0.05) is 18.5 Å². The number of hydrogen-bond acceptors (Lipinski definition) is 5. The van der Waals surface area contributed by atoms with Gasteiger partial charge in [0.05, 0.1) is 6.54 Å². The van der Waals surface area contributed by atoms with Crippen molar-refractivity contribution in [3.8, 4) is 0 Å². The van der Waals surface area contributed by atoms with Crippen molar-refractivity contribution in [1.82, 2.24) is 15.0 Å². The van der Waals surface area contributed by atoms with Gasteiger partial charge in [0.2, 0.25) is 0 Å². The van der Waals surface area contributed by atoms with Gasteiger partial charge in [-0.15, -0.1) is 11.3 Å². The molecule has 6 heteroatoms. The first kappa shape index (κ1) is 12.3. The van der Waals surface area contributed by atoms with Crippen molar-refractivity contribution in [1.29, 1.82) is 0 Å². The first-order valence-corrected chi connectivity index (χ1v) is 6.54.